The molecular formula is C15H21N3O2. The molecule has 0 saturated heterocycles. The minimum Gasteiger partial charge on any atom is -0.494 e. The van der Waals surface area contributed by atoms with Gasteiger partial charge in [-0.3, -0.25) is 10.2 Å². The maximum Gasteiger partial charge on any atom is 0.233 e. The zero-order chi connectivity index (χ0) is 14.4. The fourth-order valence-electron chi connectivity index (χ4n) is 2.27. The van der Waals surface area contributed by atoms with E-state index in [-0.39, 0.29) is 5.91 Å². The molecule has 0 fully saturated rings. The Balaban J connectivity index is 1.95. The smallest absolute Gasteiger partial charge is 0.233 e. The summed E-state index contributed by atoms with van der Waals surface area (Å²) in [4.78, 5) is 11.0. The van der Waals surface area contributed by atoms with Gasteiger partial charge < -0.3 is 9.30 Å². The van der Waals surface area contributed by atoms with E-state index in [2.05, 4.69) is 34.4 Å². The molecule has 0 radical (unpaired) electrons. The van der Waals surface area contributed by atoms with Crippen molar-refractivity contribution in [1.82, 2.24) is 9.99 Å². The average molecular weight is 275 g/mol. The Bertz CT molecular complexity index is 578. The van der Waals surface area contributed by atoms with E-state index in [1.807, 2.05) is 13.0 Å². The molecule has 5 heteroatoms. The van der Waals surface area contributed by atoms with Gasteiger partial charge in [-0.05, 0) is 44.0 Å². The number of aromatic nitrogens is 1. The lowest BCUT2D eigenvalue weighted by Gasteiger charge is -2.07. The Morgan fingerprint density at radius 3 is 2.95 bits per heavy atom. The number of nitrogens with one attached hydrogen (secondary N) is 1. The summed E-state index contributed by atoms with van der Waals surface area (Å²) in [6, 6.07) is 8.21. The number of hydrazine groups is 1. The van der Waals surface area contributed by atoms with Crippen LogP contribution in [0.15, 0.2) is 30.5 Å². The molecule has 1 aromatic carbocycles. The summed E-state index contributed by atoms with van der Waals surface area (Å²) >= 11 is 0. The molecule has 0 spiro atoms. The van der Waals surface area contributed by atoms with Crippen molar-refractivity contribution in [3.05, 3.63) is 30.5 Å². The van der Waals surface area contributed by atoms with Crippen LogP contribution >= 0.6 is 0 Å². The maximum absolute atomic E-state index is 11.0. The predicted molar refractivity (Wildman–Crippen MR) is 79.3 cm³/mol. The second kappa shape index (κ2) is 6.96. The number of hydrogen-bond acceptors (Lipinski definition) is 3. The van der Waals surface area contributed by atoms with Crippen molar-refractivity contribution < 1.29 is 9.53 Å². The second-order valence-electron chi connectivity index (χ2n) is 4.69. The minimum absolute atomic E-state index is 0.108. The molecule has 0 bridgehead atoms. The molecule has 1 heterocycles. The van der Waals surface area contributed by atoms with Crippen LogP contribution in [0.25, 0.3) is 10.9 Å². The first-order valence-corrected chi connectivity index (χ1v) is 6.95. The fourth-order valence-corrected chi connectivity index (χ4v) is 2.27. The van der Waals surface area contributed by atoms with Gasteiger partial charge in [0.05, 0.1) is 6.61 Å². The number of carbonyl (C=O) groups is 1. The Kier molecular flexibility index (Phi) is 5.01. The van der Waals surface area contributed by atoms with Crippen LogP contribution in [0.2, 0.25) is 0 Å². The molecule has 1 amide bonds. The van der Waals surface area contributed by atoms with Crippen LogP contribution in [0.1, 0.15) is 26.2 Å². The van der Waals surface area contributed by atoms with Gasteiger partial charge in [-0.15, -0.1) is 0 Å². The number of benzene rings is 1. The average Bonchev–Trinajstić information content (AvgIpc) is 2.86. The van der Waals surface area contributed by atoms with Gasteiger partial charge in [-0.1, -0.05) is 0 Å². The van der Waals surface area contributed by atoms with Crippen molar-refractivity contribution in [2.45, 2.75) is 32.7 Å². The molecule has 5 nitrogen and oxygen atoms in total. The van der Waals surface area contributed by atoms with Gasteiger partial charge in [0, 0.05) is 30.1 Å². The van der Waals surface area contributed by atoms with Crippen LogP contribution in [-0.2, 0) is 11.3 Å². The van der Waals surface area contributed by atoms with E-state index in [4.69, 9.17) is 10.6 Å². The summed E-state index contributed by atoms with van der Waals surface area (Å²) in [5, 5.41) is 1.18. The first-order chi connectivity index (χ1) is 9.74. The number of nitrogens with zero attached hydrogens (tertiary/aromatic N) is 1. The van der Waals surface area contributed by atoms with Crippen LogP contribution in [0.4, 0.5) is 0 Å². The van der Waals surface area contributed by atoms with E-state index in [0.29, 0.717) is 13.0 Å². The highest BCUT2D eigenvalue weighted by molar-refractivity contribution is 5.81. The molecule has 3 N–H and O–H groups in total. The molecule has 1 aromatic heterocycles. The summed E-state index contributed by atoms with van der Waals surface area (Å²) in [5.41, 5.74) is 3.34. The predicted octanol–water partition coefficient (Wildman–Crippen LogP) is 2.20. The van der Waals surface area contributed by atoms with E-state index in [0.717, 1.165) is 25.1 Å². The Morgan fingerprint density at radius 1 is 1.35 bits per heavy atom. The summed E-state index contributed by atoms with van der Waals surface area (Å²) < 4.78 is 7.69. The van der Waals surface area contributed by atoms with Crippen LogP contribution in [0.5, 0.6) is 5.75 Å². The molecule has 20 heavy (non-hydrogen) atoms. The highest BCUT2D eigenvalue weighted by Crippen LogP contribution is 2.22. The van der Waals surface area contributed by atoms with Gasteiger partial charge >= 0.3 is 0 Å². The normalized spacial score (nSPS) is 10.7. The summed E-state index contributed by atoms with van der Waals surface area (Å²) in [6.07, 6.45) is 4.33. The van der Waals surface area contributed by atoms with Crippen LogP contribution in [0.3, 0.4) is 0 Å². The van der Waals surface area contributed by atoms with Gasteiger partial charge in [0.2, 0.25) is 5.91 Å². The highest BCUT2D eigenvalue weighted by atomic mass is 16.5. The maximum atomic E-state index is 11.0. The first-order valence-electron chi connectivity index (χ1n) is 6.95. The second-order valence-corrected chi connectivity index (χ2v) is 4.69. The lowest BCUT2D eigenvalue weighted by molar-refractivity contribution is -0.121. The van der Waals surface area contributed by atoms with Gasteiger partial charge in [0.15, 0.2) is 0 Å². The first kappa shape index (κ1) is 14.4. The molecule has 2 rings (SSSR count). The molecule has 0 aliphatic heterocycles. The largest absolute Gasteiger partial charge is 0.494 e. The molecular weight excluding hydrogens is 254 g/mol. The van der Waals surface area contributed by atoms with Crippen LogP contribution in [-0.4, -0.2) is 17.1 Å². The molecule has 108 valence electrons. The summed E-state index contributed by atoms with van der Waals surface area (Å²) in [5.74, 6) is 5.84. The lowest BCUT2D eigenvalue weighted by Crippen LogP contribution is -2.29. The highest BCUT2D eigenvalue weighted by Gasteiger charge is 2.03. The van der Waals surface area contributed by atoms with Crippen molar-refractivity contribution in [3.63, 3.8) is 0 Å². The Hall–Kier alpha value is -2.01. The van der Waals surface area contributed by atoms with E-state index in [1.165, 1.54) is 10.9 Å². The van der Waals surface area contributed by atoms with E-state index < -0.39 is 0 Å². The third kappa shape index (κ3) is 3.51. The van der Waals surface area contributed by atoms with Gasteiger partial charge in [0.25, 0.3) is 0 Å². The van der Waals surface area contributed by atoms with Crippen LogP contribution < -0.4 is 16.0 Å². The Morgan fingerprint density at radius 2 is 2.20 bits per heavy atom. The van der Waals surface area contributed by atoms with E-state index in [1.54, 1.807) is 0 Å². The SMILES string of the molecule is CCOc1ccc2c(ccn2CCCCC(=O)NN)c1. The zero-order valence-corrected chi connectivity index (χ0v) is 11.8. The van der Waals surface area contributed by atoms with E-state index in [9.17, 15) is 4.79 Å². The fraction of sp³-hybridized carbons (Fsp3) is 0.400. The molecule has 0 aliphatic rings. The number of ether oxygens (including phenoxy) is 1. The molecule has 0 saturated carbocycles. The summed E-state index contributed by atoms with van der Waals surface area (Å²) in [6.45, 7) is 3.55. The third-order valence-corrected chi connectivity index (χ3v) is 3.27. The van der Waals surface area contributed by atoms with Gasteiger partial charge in [0.1, 0.15) is 5.75 Å². The zero-order valence-electron chi connectivity index (χ0n) is 11.8. The van der Waals surface area contributed by atoms with E-state index >= 15 is 0 Å². The minimum atomic E-state index is -0.108. The number of hydrogen-bond donors (Lipinski definition) is 2. The van der Waals surface area contributed by atoms with Crippen molar-refractivity contribution in [2.75, 3.05) is 6.61 Å². The molecule has 0 aliphatic carbocycles. The number of unbranched alkanes of at least 4 members (excludes halogenated alkanes) is 1. The number of fused-ring (bicyclic) bond motifs is 1. The van der Waals surface area contributed by atoms with Crippen molar-refractivity contribution in [3.8, 4) is 5.75 Å². The van der Waals surface area contributed by atoms with Crippen molar-refractivity contribution in [1.29, 1.82) is 0 Å². The molecule has 0 unspecified atom stereocenters. The van der Waals surface area contributed by atoms with Crippen LogP contribution in [0, 0.1) is 0 Å². The number of rotatable bonds is 7. The third-order valence-electron chi connectivity index (χ3n) is 3.27. The number of aryl methyl sites for hydroxylation is 1. The topological polar surface area (TPSA) is 69.3 Å². The number of amides is 1. The van der Waals surface area contributed by atoms with Gasteiger partial charge in [-0.25, -0.2) is 5.84 Å². The number of nitrogens with two attached hydrogens (primary N) is 1. The monoisotopic (exact) mass is 275 g/mol. The molecule has 0 atom stereocenters. The van der Waals surface area contributed by atoms with Gasteiger partial charge in [-0.2, -0.15) is 0 Å². The Labute approximate surface area is 118 Å². The quantitative estimate of drug-likeness (QED) is 0.352. The van der Waals surface area contributed by atoms with Crippen molar-refractivity contribution >= 4 is 16.8 Å². The standard InChI is InChI=1S/C15H21N3O2/c1-2-20-13-6-7-14-12(11-13)8-10-18(14)9-4-3-5-15(19)17-16/h6-8,10-11H,2-5,9,16H2,1H3,(H,17,19). The molecule has 2 aromatic rings. The summed E-state index contributed by atoms with van der Waals surface area (Å²) in [7, 11) is 0. The lowest BCUT2D eigenvalue weighted by atomic mass is 10.2. The number of carbonyl (C=O) groups excluding carboxylic acids is 1. The van der Waals surface area contributed by atoms with Crippen molar-refractivity contribution in [2.24, 2.45) is 5.84 Å².